The number of ether oxygens (including phenoxy) is 2. The third-order valence-corrected chi connectivity index (χ3v) is 6.73. The summed E-state index contributed by atoms with van der Waals surface area (Å²) >= 11 is 0. The van der Waals surface area contributed by atoms with Gasteiger partial charge in [0.1, 0.15) is 16.8 Å². The van der Waals surface area contributed by atoms with Crippen molar-refractivity contribution in [1.29, 1.82) is 5.26 Å². The Labute approximate surface area is 210 Å². The van der Waals surface area contributed by atoms with E-state index < -0.39 is 17.2 Å². The summed E-state index contributed by atoms with van der Waals surface area (Å²) < 4.78 is 28.7. The summed E-state index contributed by atoms with van der Waals surface area (Å²) in [5.74, 6) is -0.843. The molecular formula is C27H20FN5O4. The third kappa shape index (κ3) is 3.59. The lowest BCUT2D eigenvalue weighted by Crippen LogP contribution is -2.25. The van der Waals surface area contributed by atoms with Crippen molar-refractivity contribution in [2.45, 2.75) is 19.3 Å². The van der Waals surface area contributed by atoms with E-state index in [1.165, 1.54) is 6.20 Å². The van der Waals surface area contributed by atoms with Crippen LogP contribution in [0.3, 0.4) is 0 Å². The first-order chi connectivity index (χ1) is 18.0. The molecule has 10 heteroatoms. The van der Waals surface area contributed by atoms with Crippen LogP contribution in [0.4, 0.5) is 10.1 Å². The number of halogens is 1. The van der Waals surface area contributed by atoms with Gasteiger partial charge in [0.05, 0.1) is 35.0 Å². The predicted octanol–water partition coefficient (Wildman–Crippen LogP) is 4.07. The molecule has 4 aromatic rings. The quantitative estimate of drug-likeness (QED) is 0.342. The molecule has 1 unspecified atom stereocenters. The molecule has 2 aromatic heterocycles. The number of esters is 1. The highest BCUT2D eigenvalue weighted by atomic mass is 19.1. The number of fused-ring (bicyclic) bond motifs is 2. The van der Waals surface area contributed by atoms with Gasteiger partial charge in [0, 0.05) is 43.8 Å². The smallest absolute Gasteiger partial charge is 0.343 e. The summed E-state index contributed by atoms with van der Waals surface area (Å²) in [6.45, 7) is 2.75. The molecule has 6 rings (SSSR count). The van der Waals surface area contributed by atoms with Crippen LogP contribution in [-0.4, -0.2) is 40.2 Å². The fraction of sp³-hybridized carbons (Fsp3) is 0.222. The van der Waals surface area contributed by atoms with Gasteiger partial charge in [0.25, 0.3) is 0 Å². The fourth-order valence-electron chi connectivity index (χ4n) is 5.05. The van der Waals surface area contributed by atoms with E-state index in [0.29, 0.717) is 35.6 Å². The molecule has 2 aliphatic heterocycles. The van der Waals surface area contributed by atoms with E-state index in [9.17, 15) is 14.9 Å². The number of pyridine rings is 1. The van der Waals surface area contributed by atoms with Gasteiger partial charge in [-0.3, -0.25) is 14.8 Å². The Bertz CT molecular complexity index is 1680. The number of hydrogen-bond donors (Lipinski definition) is 0. The fourth-order valence-corrected chi connectivity index (χ4v) is 5.05. The van der Waals surface area contributed by atoms with Crippen LogP contribution in [0.2, 0.25) is 0 Å². The summed E-state index contributed by atoms with van der Waals surface area (Å²) in [6, 6.07) is 8.04. The summed E-state index contributed by atoms with van der Waals surface area (Å²) in [4.78, 5) is 36.4. The predicted molar refractivity (Wildman–Crippen MR) is 132 cm³/mol. The lowest BCUT2D eigenvalue weighted by Gasteiger charge is -2.29. The van der Waals surface area contributed by atoms with Crippen LogP contribution in [0.15, 0.2) is 53.8 Å². The molecule has 37 heavy (non-hydrogen) atoms. The van der Waals surface area contributed by atoms with Crippen molar-refractivity contribution >= 4 is 22.6 Å². The van der Waals surface area contributed by atoms with E-state index in [1.54, 1.807) is 48.3 Å². The summed E-state index contributed by atoms with van der Waals surface area (Å²) in [5, 5.41) is 9.42. The van der Waals surface area contributed by atoms with Gasteiger partial charge in [-0.05, 0) is 37.6 Å². The monoisotopic (exact) mass is 497 g/mol. The van der Waals surface area contributed by atoms with E-state index in [2.05, 4.69) is 16.0 Å². The summed E-state index contributed by atoms with van der Waals surface area (Å²) in [7, 11) is 0. The van der Waals surface area contributed by atoms with Gasteiger partial charge in [-0.2, -0.15) is 5.26 Å². The topological polar surface area (TPSA) is 110 Å². The molecule has 9 nitrogen and oxygen atoms in total. The van der Waals surface area contributed by atoms with E-state index in [-0.39, 0.29) is 34.9 Å². The number of benzene rings is 2. The minimum atomic E-state index is -0.806. The zero-order chi connectivity index (χ0) is 25.7. The summed E-state index contributed by atoms with van der Waals surface area (Å²) in [6.07, 6.45) is 7.07. The molecule has 0 saturated carbocycles. The van der Waals surface area contributed by atoms with Crippen LogP contribution >= 0.6 is 0 Å². The second-order valence-electron chi connectivity index (χ2n) is 8.85. The maximum absolute atomic E-state index is 15.8. The SMILES string of the molecule is CCOC(=O)c1cn2c3c(c(N4CCC(c5cnccn5)C4)c(F)cc3c1=O)Oc1ccc(C#N)cc1-2. The average Bonchev–Trinajstić information content (AvgIpc) is 3.40. The van der Waals surface area contributed by atoms with Crippen molar-refractivity contribution < 1.29 is 18.7 Å². The number of anilines is 1. The lowest BCUT2D eigenvalue weighted by atomic mass is 10.0. The Kier molecular flexibility index (Phi) is 5.34. The van der Waals surface area contributed by atoms with Gasteiger partial charge in [0.15, 0.2) is 17.3 Å². The Morgan fingerprint density at radius 2 is 2.19 bits per heavy atom. The van der Waals surface area contributed by atoms with Crippen molar-refractivity contribution in [3.8, 4) is 23.3 Å². The number of hydrogen-bond acceptors (Lipinski definition) is 8. The molecule has 0 aliphatic carbocycles. The van der Waals surface area contributed by atoms with E-state index in [0.717, 1.165) is 18.2 Å². The zero-order valence-corrected chi connectivity index (χ0v) is 19.8. The third-order valence-electron chi connectivity index (χ3n) is 6.73. The van der Waals surface area contributed by atoms with Gasteiger partial charge < -0.3 is 18.9 Å². The highest BCUT2D eigenvalue weighted by Crippen LogP contribution is 2.48. The second kappa shape index (κ2) is 8.71. The van der Waals surface area contributed by atoms with Crippen LogP contribution in [-0.2, 0) is 4.74 Å². The molecule has 1 atom stereocenters. The Morgan fingerprint density at radius 3 is 2.95 bits per heavy atom. The first-order valence-corrected chi connectivity index (χ1v) is 11.8. The molecule has 184 valence electrons. The van der Waals surface area contributed by atoms with E-state index in [4.69, 9.17) is 9.47 Å². The Morgan fingerprint density at radius 1 is 1.32 bits per heavy atom. The van der Waals surface area contributed by atoms with E-state index in [1.807, 2.05) is 4.90 Å². The maximum atomic E-state index is 15.8. The normalized spacial score (nSPS) is 15.7. The standard InChI is InChI=1S/C27H20FN5O4/c1-2-36-27(35)18-14-33-21-9-15(11-29)3-4-22(21)37-26-23(33)17(25(18)34)10-19(28)24(26)32-8-5-16(13-32)20-12-30-6-7-31-20/h3-4,6-7,9-10,12,14,16H,2,5,8,13H2,1H3. The molecule has 1 saturated heterocycles. The molecule has 0 N–H and O–H groups in total. The van der Waals surface area contributed by atoms with Crippen molar-refractivity contribution in [3.63, 3.8) is 0 Å². The molecule has 0 radical (unpaired) electrons. The lowest BCUT2D eigenvalue weighted by molar-refractivity contribution is 0.0524. The Balaban J connectivity index is 1.58. The van der Waals surface area contributed by atoms with Crippen molar-refractivity contribution in [3.05, 3.63) is 81.9 Å². The highest BCUT2D eigenvalue weighted by Gasteiger charge is 2.34. The van der Waals surface area contributed by atoms with Crippen LogP contribution in [0.5, 0.6) is 11.5 Å². The minimum absolute atomic E-state index is 0.0144. The van der Waals surface area contributed by atoms with Crippen LogP contribution in [0.25, 0.3) is 16.6 Å². The first kappa shape index (κ1) is 22.7. The van der Waals surface area contributed by atoms with Gasteiger partial charge in [-0.25, -0.2) is 9.18 Å². The van der Waals surface area contributed by atoms with Crippen molar-refractivity contribution in [2.75, 3.05) is 24.6 Å². The molecule has 1 fully saturated rings. The number of nitrogens with zero attached hydrogens (tertiary/aromatic N) is 5. The number of carbonyl (C=O) groups is 1. The van der Waals surface area contributed by atoms with Crippen LogP contribution < -0.4 is 15.1 Å². The first-order valence-electron chi connectivity index (χ1n) is 11.8. The van der Waals surface area contributed by atoms with Crippen LogP contribution in [0.1, 0.15) is 40.9 Å². The largest absolute Gasteiger partial charge is 0.462 e. The highest BCUT2D eigenvalue weighted by molar-refractivity contribution is 5.99. The molecule has 0 amide bonds. The average molecular weight is 497 g/mol. The number of nitriles is 1. The minimum Gasteiger partial charge on any atom is -0.462 e. The number of rotatable bonds is 4. The van der Waals surface area contributed by atoms with Crippen molar-refractivity contribution in [2.24, 2.45) is 0 Å². The molecule has 2 aliphatic rings. The van der Waals surface area contributed by atoms with Gasteiger partial charge in [-0.15, -0.1) is 0 Å². The van der Waals surface area contributed by atoms with E-state index >= 15 is 4.39 Å². The molecule has 2 aromatic carbocycles. The van der Waals surface area contributed by atoms with Gasteiger partial charge >= 0.3 is 5.97 Å². The Hall–Kier alpha value is -4.78. The summed E-state index contributed by atoms with van der Waals surface area (Å²) in [5.41, 5.74) is 1.31. The van der Waals surface area contributed by atoms with Gasteiger partial charge in [0.2, 0.25) is 5.43 Å². The molecular weight excluding hydrogens is 477 g/mol. The number of carbonyl (C=O) groups excluding carboxylic acids is 1. The van der Waals surface area contributed by atoms with Crippen LogP contribution in [0, 0.1) is 17.1 Å². The number of aromatic nitrogens is 3. The molecule has 4 heterocycles. The van der Waals surface area contributed by atoms with Gasteiger partial charge in [-0.1, -0.05) is 0 Å². The maximum Gasteiger partial charge on any atom is 0.343 e. The zero-order valence-electron chi connectivity index (χ0n) is 19.8. The van der Waals surface area contributed by atoms with Crippen molar-refractivity contribution in [1.82, 2.24) is 14.5 Å². The second-order valence-corrected chi connectivity index (χ2v) is 8.85. The molecule has 0 bridgehead atoms. The molecule has 0 spiro atoms.